The zero-order chi connectivity index (χ0) is 11.0. The van der Waals surface area contributed by atoms with Crippen LogP contribution < -0.4 is 11.1 Å². The van der Waals surface area contributed by atoms with Crippen LogP contribution in [0, 0.1) is 5.92 Å². The maximum absolute atomic E-state index is 11.2. The summed E-state index contributed by atoms with van der Waals surface area (Å²) in [5, 5.41) is 13.7. The number of rotatable bonds is 6. The van der Waals surface area contributed by atoms with Crippen LogP contribution in [0.4, 0.5) is 0 Å². The van der Waals surface area contributed by atoms with Gasteiger partial charge in [0.1, 0.15) is 5.84 Å². The van der Waals surface area contributed by atoms with E-state index in [0.717, 1.165) is 6.42 Å². The number of carbonyl (C=O) groups is 1. The summed E-state index contributed by atoms with van der Waals surface area (Å²) in [7, 11) is 0. The summed E-state index contributed by atoms with van der Waals surface area (Å²) in [6.45, 7) is 4.50. The molecule has 0 heterocycles. The number of nitrogens with two attached hydrogens (primary N) is 1. The lowest BCUT2D eigenvalue weighted by Crippen LogP contribution is -2.28. The first kappa shape index (κ1) is 12.7. The lowest BCUT2D eigenvalue weighted by molar-refractivity contribution is -0.121. The summed E-state index contributed by atoms with van der Waals surface area (Å²) in [6, 6.07) is 0. The number of carbonyl (C=O) groups excluding carboxylic acids is 1. The third-order valence-corrected chi connectivity index (χ3v) is 2.06. The molecule has 5 nitrogen and oxygen atoms in total. The second kappa shape index (κ2) is 7.17. The van der Waals surface area contributed by atoms with Gasteiger partial charge in [-0.05, 0) is 5.92 Å². The largest absolute Gasteiger partial charge is 0.409 e. The Hall–Kier alpha value is -1.26. The Bertz CT molecular complexity index is 204. The molecule has 0 saturated carbocycles. The van der Waals surface area contributed by atoms with Crippen LogP contribution in [-0.2, 0) is 4.79 Å². The SMILES string of the molecule is CCC(C)CC(=O)NCCC(N)=NO. The van der Waals surface area contributed by atoms with Gasteiger partial charge in [-0.1, -0.05) is 25.4 Å². The predicted molar refractivity (Wildman–Crippen MR) is 55.1 cm³/mol. The van der Waals surface area contributed by atoms with Crippen molar-refractivity contribution in [1.29, 1.82) is 0 Å². The number of hydrogen-bond acceptors (Lipinski definition) is 3. The summed E-state index contributed by atoms with van der Waals surface area (Å²) in [4.78, 5) is 11.2. The molecule has 0 bridgehead atoms. The third kappa shape index (κ3) is 6.28. The summed E-state index contributed by atoms with van der Waals surface area (Å²) in [6.07, 6.45) is 1.91. The van der Waals surface area contributed by atoms with Gasteiger partial charge in [0.05, 0.1) is 0 Å². The summed E-state index contributed by atoms with van der Waals surface area (Å²) in [5.74, 6) is 0.554. The van der Waals surface area contributed by atoms with Crippen LogP contribution in [0.15, 0.2) is 5.16 Å². The molecule has 1 unspecified atom stereocenters. The highest BCUT2D eigenvalue weighted by molar-refractivity contribution is 5.81. The minimum absolute atomic E-state index is 0.0186. The standard InChI is InChI=1S/C9H19N3O2/c1-3-7(2)6-9(13)11-5-4-8(10)12-14/h7,14H,3-6H2,1-2H3,(H2,10,12)(H,11,13). The fourth-order valence-corrected chi connectivity index (χ4v) is 0.913. The van der Waals surface area contributed by atoms with E-state index >= 15 is 0 Å². The molecule has 0 radical (unpaired) electrons. The lowest BCUT2D eigenvalue weighted by atomic mass is 10.1. The molecular formula is C9H19N3O2. The summed E-state index contributed by atoms with van der Waals surface area (Å²) < 4.78 is 0. The van der Waals surface area contributed by atoms with Crippen LogP contribution in [0.3, 0.4) is 0 Å². The van der Waals surface area contributed by atoms with Crippen molar-refractivity contribution in [3.05, 3.63) is 0 Å². The van der Waals surface area contributed by atoms with Crippen LogP contribution in [0.2, 0.25) is 0 Å². The highest BCUT2D eigenvalue weighted by Crippen LogP contribution is 2.05. The number of nitrogens with one attached hydrogen (secondary N) is 1. The van der Waals surface area contributed by atoms with E-state index in [4.69, 9.17) is 10.9 Å². The van der Waals surface area contributed by atoms with E-state index in [1.165, 1.54) is 0 Å². The fourth-order valence-electron chi connectivity index (χ4n) is 0.913. The predicted octanol–water partition coefficient (Wildman–Crippen LogP) is 0.675. The van der Waals surface area contributed by atoms with Crippen LogP contribution in [0.1, 0.15) is 33.1 Å². The van der Waals surface area contributed by atoms with Gasteiger partial charge in [0.25, 0.3) is 0 Å². The van der Waals surface area contributed by atoms with E-state index in [-0.39, 0.29) is 11.7 Å². The maximum Gasteiger partial charge on any atom is 0.220 e. The molecule has 0 spiro atoms. The molecule has 0 aliphatic heterocycles. The second-order valence-corrected chi connectivity index (χ2v) is 3.41. The lowest BCUT2D eigenvalue weighted by Gasteiger charge is -2.08. The molecule has 0 fully saturated rings. The van der Waals surface area contributed by atoms with Gasteiger partial charge >= 0.3 is 0 Å². The quantitative estimate of drug-likeness (QED) is 0.255. The number of amides is 1. The van der Waals surface area contributed by atoms with Gasteiger partial charge < -0.3 is 16.3 Å². The van der Waals surface area contributed by atoms with Gasteiger partial charge in [0, 0.05) is 19.4 Å². The van der Waals surface area contributed by atoms with E-state index in [2.05, 4.69) is 10.5 Å². The zero-order valence-electron chi connectivity index (χ0n) is 8.79. The Morgan fingerprint density at radius 3 is 2.79 bits per heavy atom. The van der Waals surface area contributed by atoms with E-state index in [1.54, 1.807) is 0 Å². The van der Waals surface area contributed by atoms with Gasteiger partial charge in [-0.2, -0.15) is 0 Å². The summed E-state index contributed by atoms with van der Waals surface area (Å²) >= 11 is 0. The van der Waals surface area contributed by atoms with Crippen molar-refractivity contribution in [2.45, 2.75) is 33.1 Å². The molecule has 0 aliphatic rings. The van der Waals surface area contributed by atoms with Crippen molar-refractivity contribution < 1.29 is 10.0 Å². The van der Waals surface area contributed by atoms with Crippen molar-refractivity contribution in [2.24, 2.45) is 16.8 Å². The first-order chi connectivity index (χ1) is 6.60. The minimum atomic E-state index is 0.0186. The van der Waals surface area contributed by atoms with Crippen molar-refractivity contribution in [3.8, 4) is 0 Å². The molecule has 0 aromatic heterocycles. The maximum atomic E-state index is 11.2. The van der Waals surface area contributed by atoms with Crippen LogP contribution in [0.25, 0.3) is 0 Å². The average Bonchev–Trinajstić information content (AvgIpc) is 2.17. The molecule has 1 atom stereocenters. The number of amidine groups is 1. The number of nitrogens with zero attached hydrogens (tertiary/aromatic N) is 1. The Morgan fingerprint density at radius 1 is 1.64 bits per heavy atom. The second-order valence-electron chi connectivity index (χ2n) is 3.41. The molecular weight excluding hydrogens is 182 g/mol. The van der Waals surface area contributed by atoms with Gasteiger partial charge in [0.2, 0.25) is 5.91 Å². The van der Waals surface area contributed by atoms with E-state index in [9.17, 15) is 4.79 Å². The van der Waals surface area contributed by atoms with E-state index in [1.807, 2.05) is 13.8 Å². The van der Waals surface area contributed by atoms with E-state index < -0.39 is 0 Å². The molecule has 0 aromatic rings. The van der Waals surface area contributed by atoms with Crippen molar-refractivity contribution in [2.75, 3.05) is 6.54 Å². The average molecular weight is 201 g/mol. The van der Waals surface area contributed by atoms with Crippen molar-refractivity contribution in [3.63, 3.8) is 0 Å². The molecule has 4 N–H and O–H groups in total. The molecule has 1 amide bonds. The van der Waals surface area contributed by atoms with Crippen LogP contribution in [-0.4, -0.2) is 23.5 Å². The third-order valence-electron chi connectivity index (χ3n) is 2.06. The van der Waals surface area contributed by atoms with Gasteiger partial charge in [-0.15, -0.1) is 0 Å². The molecule has 14 heavy (non-hydrogen) atoms. The van der Waals surface area contributed by atoms with Crippen LogP contribution in [0.5, 0.6) is 0 Å². The smallest absolute Gasteiger partial charge is 0.220 e. The molecule has 0 aromatic carbocycles. The highest BCUT2D eigenvalue weighted by Gasteiger charge is 2.06. The van der Waals surface area contributed by atoms with Gasteiger partial charge in [-0.3, -0.25) is 4.79 Å². The molecule has 0 rings (SSSR count). The normalized spacial score (nSPS) is 13.7. The number of hydrogen-bond donors (Lipinski definition) is 3. The minimum Gasteiger partial charge on any atom is -0.409 e. The topological polar surface area (TPSA) is 87.7 Å². The Balaban J connectivity index is 3.54. The first-order valence-corrected chi connectivity index (χ1v) is 4.83. The Labute approximate surface area is 84.4 Å². The monoisotopic (exact) mass is 201 g/mol. The van der Waals surface area contributed by atoms with Crippen molar-refractivity contribution in [1.82, 2.24) is 5.32 Å². The van der Waals surface area contributed by atoms with Crippen LogP contribution >= 0.6 is 0 Å². The van der Waals surface area contributed by atoms with E-state index in [0.29, 0.717) is 25.3 Å². The molecule has 82 valence electrons. The molecule has 0 saturated heterocycles. The first-order valence-electron chi connectivity index (χ1n) is 4.83. The number of oxime groups is 1. The van der Waals surface area contributed by atoms with Crippen molar-refractivity contribution >= 4 is 11.7 Å². The fraction of sp³-hybridized carbons (Fsp3) is 0.778. The Kier molecular flexibility index (Phi) is 6.53. The molecule has 0 aliphatic carbocycles. The summed E-state index contributed by atoms with van der Waals surface area (Å²) in [5.41, 5.74) is 5.24. The molecule has 5 heteroatoms. The highest BCUT2D eigenvalue weighted by atomic mass is 16.4. The zero-order valence-corrected chi connectivity index (χ0v) is 8.79. The van der Waals surface area contributed by atoms with Gasteiger partial charge in [-0.25, -0.2) is 0 Å². The Morgan fingerprint density at radius 2 is 2.29 bits per heavy atom. The van der Waals surface area contributed by atoms with Gasteiger partial charge in [0.15, 0.2) is 0 Å².